The predicted molar refractivity (Wildman–Crippen MR) is 84.3 cm³/mol. The fraction of sp³-hybridized carbons (Fsp3) is 0.529. The van der Waals surface area contributed by atoms with Gasteiger partial charge in [0.1, 0.15) is 5.75 Å². The molecule has 1 saturated heterocycles. The van der Waals surface area contributed by atoms with E-state index in [9.17, 15) is 9.59 Å². The molecular weight excluding hydrogens is 298 g/mol. The number of para-hydroxylation sites is 1. The van der Waals surface area contributed by atoms with Gasteiger partial charge < -0.3 is 19.5 Å². The fourth-order valence-electron chi connectivity index (χ4n) is 2.67. The molecule has 0 saturated carbocycles. The van der Waals surface area contributed by atoms with Gasteiger partial charge in [-0.3, -0.25) is 9.59 Å². The molecule has 1 aliphatic rings. The number of methoxy groups -OCH3 is 1. The van der Waals surface area contributed by atoms with Gasteiger partial charge in [0.25, 0.3) is 0 Å². The summed E-state index contributed by atoms with van der Waals surface area (Å²) in [5, 5.41) is 8.62. The van der Waals surface area contributed by atoms with E-state index in [2.05, 4.69) is 0 Å². The monoisotopic (exact) mass is 321 g/mol. The van der Waals surface area contributed by atoms with Gasteiger partial charge in [-0.1, -0.05) is 18.2 Å². The number of carbonyl (C=O) groups excluding carboxylic acids is 1. The van der Waals surface area contributed by atoms with Crippen LogP contribution >= 0.6 is 0 Å². The highest BCUT2D eigenvalue weighted by Crippen LogP contribution is 2.21. The molecule has 1 amide bonds. The zero-order chi connectivity index (χ0) is 16.7. The van der Waals surface area contributed by atoms with E-state index in [1.165, 1.54) is 0 Å². The summed E-state index contributed by atoms with van der Waals surface area (Å²) in [7, 11) is 1.64. The van der Waals surface area contributed by atoms with Crippen molar-refractivity contribution in [2.45, 2.75) is 38.4 Å². The molecule has 0 bridgehead atoms. The van der Waals surface area contributed by atoms with E-state index in [-0.39, 0.29) is 24.9 Å². The van der Waals surface area contributed by atoms with E-state index >= 15 is 0 Å². The summed E-state index contributed by atoms with van der Waals surface area (Å²) >= 11 is 0. The first kappa shape index (κ1) is 17.3. The van der Waals surface area contributed by atoms with Crippen LogP contribution in [-0.2, 0) is 20.9 Å². The Morgan fingerprint density at radius 2 is 1.91 bits per heavy atom. The van der Waals surface area contributed by atoms with Crippen molar-refractivity contribution in [2.24, 2.45) is 0 Å². The summed E-state index contributed by atoms with van der Waals surface area (Å²) in [6.45, 7) is 1.73. The predicted octanol–water partition coefficient (Wildman–Crippen LogP) is 2.07. The Hall–Kier alpha value is -2.08. The van der Waals surface area contributed by atoms with Crippen molar-refractivity contribution in [1.29, 1.82) is 0 Å². The minimum absolute atomic E-state index is 0.0715. The molecular formula is C17H23NO5. The van der Waals surface area contributed by atoms with Gasteiger partial charge in [0, 0.05) is 25.1 Å². The van der Waals surface area contributed by atoms with Crippen molar-refractivity contribution in [3.8, 4) is 5.75 Å². The van der Waals surface area contributed by atoms with Gasteiger partial charge in [0.2, 0.25) is 5.91 Å². The van der Waals surface area contributed by atoms with Crippen molar-refractivity contribution in [3.63, 3.8) is 0 Å². The summed E-state index contributed by atoms with van der Waals surface area (Å²) in [5.74, 6) is -0.210. The number of rotatable bonds is 7. The number of benzene rings is 1. The van der Waals surface area contributed by atoms with E-state index < -0.39 is 5.97 Å². The van der Waals surface area contributed by atoms with Gasteiger partial charge in [-0.25, -0.2) is 0 Å². The van der Waals surface area contributed by atoms with Crippen LogP contribution in [0.15, 0.2) is 24.3 Å². The molecule has 0 aliphatic carbocycles. The molecule has 0 radical (unpaired) electrons. The number of carbonyl (C=O) groups is 2. The van der Waals surface area contributed by atoms with Gasteiger partial charge in [0.15, 0.2) is 0 Å². The SMILES string of the molecule is COc1ccccc1COC1CCN(C(=O)CCC(=O)O)CC1. The van der Waals surface area contributed by atoms with Crippen LogP contribution in [0.25, 0.3) is 0 Å². The lowest BCUT2D eigenvalue weighted by molar-refractivity contribution is -0.141. The average molecular weight is 321 g/mol. The molecule has 23 heavy (non-hydrogen) atoms. The lowest BCUT2D eigenvalue weighted by Gasteiger charge is -2.32. The highest BCUT2D eigenvalue weighted by molar-refractivity contribution is 5.80. The third-order valence-electron chi connectivity index (χ3n) is 4.01. The van der Waals surface area contributed by atoms with Crippen molar-refractivity contribution in [3.05, 3.63) is 29.8 Å². The van der Waals surface area contributed by atoms with Crippen molar-refractivity contribution in [2.75, 3.05) is 20.2 Å². The maximum atomic E-state index is 11.9. The summed E-state index contributed by atoms with van der Waals surface area (Å²) in [5.41, 5.74) is 1.01. The lowest BCUT2D eigenvalue weighted by Crippen LogP contribution is -2.40. The molecule has 126 valence electrons. The van der Waals surface area contributed by atoms with Crippen molar-refractivity contribution < 1.29 is 24.2 Å². The molecule has 1 aromatic carbocycles. The third kappa shape index (κ3) is 5.25. The number of likely N-dealkylation sites (tertiary alicyclic amines) is 1. The average Bonchev–Trinajstić information content (AvgIpc) is 2.58. The van der Waals surface area contributed by atoms with Crippen LogP contribution in [0.3, 0.4) is 0 Å². The Morgan fingerprint density at radius 1 is 1.22 bits per heavy atom. The number of ether oxygens (including phenoxy) is 2. The molecule has 1 aliphatic heterocycles. The van der Waals surface area contributed by atoms with E-state index in [0.717, 1.165) is 24.2 Å². The lowest BCUT2D eigenvalue weighted by atomic mass is 10.1. The zero-order valence-corrected chi connectivity index (χ0v) is 13.4. The Balaban J connectivity index is 1.74. The van der Waals surface area contributed by atoms with Gasteiger partial charge in [0.05, 0.1) is 26.2 Å². The number of amides is 1. The zero-order valence-electron chi connectivity index (χ0n) is 13.4. The molecule has 0 atom stereocenters. The topological polar surface area (TPSA) is 76.1 Å². The van der Waals surface area contributed by atoms with Crippen LogP contribution in [0.4, 0.5) is 0 Å². The Morgan fingerprint density at radius 3 is 2.57 bits per heavy atom. The van der Waals surface area contributed by atoms with Crippen LogP contribution < -0.4 is 4.74 Å². The number of nitrogens with zero attached hydrogens (tertiary/aromatic N) is 1. The van der Waals surface area contributed by atoms with Crippen LogP contribution in [0.5, 0.6) is 5.75 Å². The molecule has 1 heterocycles. The number of carboxylic acids is 1. The summed E-state index contributed by atoms with van der Waals surface area (Å²) in [4.78, 5) is 24.1. The smallest absolute Gasteiger partial charge is 0.303 e. The molecule has 0 aromatic heterocycles. The quantitative estimate of drug-likeness (QED) is 0.832. The minimum atomic E-state index is -0.937. The van der Waals surface area contributed by atoms with Gasteiger partial charge >= 0.3 is 5.97 Å². The van der Waals surface area contributed by atoms with Crippen LogP contribution in [0.1, 0.15) is 31.2 Å². The normalized spacial score (nSPS) is 15.4. The number of carboxylic acid groups (broad SMARTS) is 1. The van der Waals surface area contributed by atoms with Crippen molar-refractivity contribution >= 4 is 11.9 Å². The van der Waals surface area contributed by atoms with Gasteiger partial charge in [-0.15, -0.1) is 0 Å². The second-order valence-electron chi connectivity index (χ2n) is 5.60. The first-order chi connectivity index (χ1) is 11.1. The van der Waals surface area contributed by atoms with Gasteiger partial charge in [-0.05, 0) is 18.9 Å². The van der Waals surface area contributed by atoms with Gasteiger partial charge in [-0.2, -0.15) is 0 Å². The highest BCUT2D eigenvalue weighted by atomic mass is 16.5. The molecule has 1 aromatic rings. The standard InChI is InChI=1S/C17H23NO5/c1-22-15-5-3-2-4-13(15)12-23-14-8-10-18(11-9-14)16(19)6-7-17(20)21/h2-5,14H,6-12H2,1H3,(H,20,21). The van der Waals surface area contributed by atoms with E-state index in [1.54, 1.807) is 12.0 Å². The van der Waals surface area contributed by atoms with Crippen LogP contribution in [0, 0.1) is 0 Å². The summed E-state index contributed by atoms with van der Waals surface area (Å²) in [6.07, 6.45) is 1.62. The number of hydrogen-bond acceptors (Lipinski definition) is 4. The van der Waals surface area contributed by atoms with E-state index in [1.807, 2.05) is 24.3 Å². The number of aliphatic carboxylic acids is 1. The second kappa shape index (κ2) is 8.53. The number of piperidine rings is 1. The van der Waals surface area contributed by atoms with Crippen LogP contribution in [0.2, 0.25) is 0 Å². The summed E-state index contributed by atoms with van der Waals surface area (Å²) < 4.78 is 11.2. The molecule has 0 spiro atoms. The minimum Gasteiger partial charge on any atom is -0.496 e. The Bertz CT molecular complexity index is 538. The third-order valence-corrected chi connectivity index (χ3v) is 4.01. The molecule has 6 heteroatoms. The van der Waals surface area contributed by atoms with E-state index in [0.29, 0.717) is 19.7 Å². The maximum Gasteiger partial charge on any atom is 0.303 e. The van der Waals surface area contributed by atoms with E-state index in [4.69, 9.17) is 14.6 Å². The fourth-order valence-corrected chi connectivity index (χ4v) is 2.67. The van der Waals surface area contributed by atoms with Crippen molar-refractivity contribution in [1.82, 2.24) is 4.90 Å². The molecule has 2 rings (SSSR count). The molecule has 6 nitrogen and oxygen atoms in total. The largest absolute Gasteiger partial charge is 0.496 e. The first-order valence-electron chi connectivity index (χ1n) is 7.83. The maximum absolute atomic E-state index is 11.9. The Kier molecular flexibility index (Phi) is 6.40. The number of hydrogen-bond donors (Lipinski definition) is 1. The second-order valence-corrected chi connectivity index (χ2v) is 5.60. The summed E-state index contributed by atoms with van der Waals surface area (Å²) in [6, 6.07) is 7.75. The Labute approximate surface area is 136 Å². The van der Waals surface area contributed by atoms with Crippen LogP contribution in [-0.4, -0.2) is 48.2 Å². The molecule has 0 unspecified atom stereocenters. The molecule has 1 fully saturated rings. The first-order valence-corrected chi connectivity index (χ1v) is 7.83. The molecule has 1 N–H and O–H groups in total. The highest BCUT2D eigenvalue weighted by Gasteiger charge is 2.23.